The molecule has 0 aliphatic heterocycles. The molecule has 0 saturated heterocycles. The zero-order valence-electron chi connectivity index (χ0n) is 32.7. The Morgan fingerprint density at radius 1 is 0.483 bits per heavy atom. The van der Waals surface area contributed by atoms with Crippen LogP contribution in [-0.4, -0.2) is 14.5 Å². The Labute approximate surface area is 348 Å². The van der Waals surface area contributed by atoms with Gasteiger partial charge in [-0.1, -0.05) is 151 Å². The fourth-order valence-corrected chi connectivity index (χ4v) is 8.19. The van der Waals surface area contributed by atoms with Crippen LogP contribution in [0.4, 0.5) is 5.69 Å². The number of rotatable bonds is 7. The predicted octanol–water partition coefficient (Wildman–Crippen LogP) is 14.3. The number of aryl methyl sites for hydroxylation is 1. The molecule has 0 amide bonds. The maximum Gasteiger partial charge on any atom is 0.187 e. The fraction of sp³-hybridized carbons (Fsp3) is 0.0182. The zero-order chi connectivity index (χ0) is 40.6. The van der Waals surface area contributed by atoms with Gasteiger partial charge in [0, 0.05) is 38.6 Å². The van der Waals surface area contributed by atoms with E-state index < -0.39 is 0 Å². The minimum atomic E-state index is 0.570. The first kappa shape index (κ1) is 36.0. The van der Waals surface area contributed by atoms with E-state index in [2.05, 4.69) is 119 Å². The van der Waals surface area contributed by atoms with Crippen molar-refractivity contribution in [3.8, 4) is 79.0 Å². The largest absolute Gasteiger partial charge is 0.308 e. The third-order valence-corrected chi connectivity index (χ3v) is 11.1. The van der Waals surface area contributed by atoms with Gasteiger partial charge in [-0.25, -0.2) is 14.8 Å². The monoisotopic (exact) mass is 765 g/mol. The molecule has 60 heavy (non-hydrogen) atoms. The molecular formula is C55H35N5. The van der Waals surface area contributed by atoms with Crippen LogP contribution in [0.15, 0.2) is 194 Å². The molecule has 10 rings (SSSR count). The topological polar surface area (TPSA) is 58.9 Å². The van der Waals surface area contributed by atoms with Crippen LogP contribution in [0.25, 0.3) is 99.6 Å². The van der Waals surface area contributed by atoms with Crippen LogP contribution in [0.3, 0.4) is 0 Å². The van der Waals surface area contributed by atoms with Gasteiger partial charge in [0.25, 0.3) is 0 Å². The van der Waals surface area contributed by atoms with Gasteiger partial charge < -0.3 is 4.57 Å². The van der Waals surface area contributed by atoms with Crippen molar-refractivity contribution in [1.29, 1.82) is 5.26 Å². The Morgan fingerprint density at radius 2 is 1.05 bits per heavy atom. The van der Waals surface area contributed by atoms with Crippen molar-refractivity contribution in [3.05, 3.63) is 217 Å². The minimum Gasteiger partial charge on any atom is -0.308 e. The molecule has 0 aliphatic carbocycles. The molecule has 0 fully saturated rings. The van der Waals surface area contributed by atoms with Crippen molar-refractivity contribution in [3.63, 3.8) is 0 Å². The van der Waals surface area contributed by atoms with E-state index in [0.29, 0.717) is 17.1 Å². The number of nitrogens with zero attached hydrogens (tertiary/aromatic N) is 5. The molecule has 0 aliphatic rings. The quantitative estimate of drug-likeness (QED) is 0.152. The van der Waals surface area contributed by atoms with Gasteiger partial charge in [0.05, 0.1) is 46.3 Å². The van der Waals surface area contributed by atoms with Gasteiger partial charge >= 0.3 is 0 Å². The summed E-state index contributed by atoms with van der Waals surface area (Å²) >= 11 is 0. The van der Waals surface area contributed by atoms with E-state index in [1.165, 1.54) is 11.1 Å². The first-order chi connectivity index (χ1) is 29.5. The molecular weight excluding hydrogens is 731 g/mol. The van der Waals surface area contributed by atoms with Crippen LogP contribution in [0, 0.1) is 24.8 Å². The lowest BCUT2D eigenvalue weighted by molar-refractivity contribution is 1.17. The standard InChI is InChI=1S/C55H35N5/c1-36-12-11-17-42(30-36)43-26-29-53-49(31-43)46-18-9-10-19-52(46)60(53)54-47(38-22-20-37(35-56)21-23-38)32-44(33-48(54)39-24-27-45(57-2)28-25-39)51-34-50(40-13-5-3-6-14-40)58-55(59-51)41-15-7-4-8-16-41/h3-34H,1H3. The number of nitriles is 1. The average Bonchev–Trinajstić information content (AvgIpc) is 3.65. The molecule has 0 unspecified atom stereocenters. The van der Waals surface area contributed by atoms with Crippen molar-refractivity contribution in [2.75, 3.05) is 0 Å². The molecule has 0 atom stereocenters. The molecule has 0 bridgehead atoms. The number of benzene rings is 8. The van der Waals surface area contributed by atoms with Gasteiger partial charge in [0.15, 0.2) is 11.5 Å². The van der Waals surface area contributed by atoms with Gasteiger partial charge in [0.1, 0.15) is 0 Å². The summed E-state index contributed by atoms with van der Waals surface area (Å²) in [6.45, 7) is 9.86. The van der Waals surface area contributed by atoms with Crippen molar-refractivity contribution >= 4 is 27.5 Å². The van der Waals surface area contributed by atoms with Gasteiger partial charge in [-0.3, -0.25) is 0 Å². The maximum absolute atomic E-state index is 9.84. The average molecular weight is 766 g/mol. The fourth-order valence-electron chi connectivity index (χ4n) is 8.19. The summed E-state index contributed by atoms with van der Waals surface area (Å²) in [4.78, 5) is 14.1. The van der Waals surface area contributed by atoms with Crippen molar-refractivity contribution in [2.24, 2.45) is 0 Å². The lowest BCUT2D eigenvalue weighted by Crippen LogP contribution is -2.03. The molecule has 0 radical (unpaired) electrons. The first-order valence-electron chi connectivity index (χ1n) is 19.8. The smallest absolute Gasteiger partial charge is 0.187 e. The molecule has 0 spiro atoms. The highest BCUT2D eigenvalue weighted by molar-refractivity contribution is 6.12. The van der Waals surface area contributed by atoms with Gasteiger partial charge in [-0.15, -0.1) is 0 Å². The van der Waals surface area contributed by atoms with E-state index in [1.807, 2.05) is 97.1 Å². The SMILES string of the molecule is [C-]#[N+]c1ccc(-c2cc(-c3cc(-c4ccccc4)nc(-c4ccccc4)n3)cc(-c3ccc(C#N)cc3)c2-n2c3ccccc3c3cc(-c4cccc(C)c4)ccc32)cc1. The van der Waals surface area contributed by atoms with Gasteiger partial charge in [0.2, 0.25) is 0 Å². The molecule has 5 heteroatoms. The third-order valence-electron chi connectivity index (χ3n) is 11.1. The second kappa shape index (κ2) is 15.2. The van der Waals surface area contributed by atoms with Crippen LogP contribution >= 0.6 is 0 Å². The van der Waals surface area contributed by atoms with Crippen LogP contribution in [0.2, 0.25) is 0 Å². The van der Waals surface area contributed by atoms with E-state index in [-0.39, 0.29) is 0 Å². The van der Waals surface area contributed by atoms with Crippen LogP contribution < -0.4 is 0 Å². The summed E-state index contributed by atoms with van der Waals surface area (Å²) in [6, 6.07) is 68.7. The van der Waals surface area contributed by atoms with Gasteiger partial charge in [-0.2, -0.15) is 5.26 Å². The summed E-state index contributed by atoms with van der Waals surface area (Å²) in [7, 11) is 0. The Balaban J connectivity index is 1.31. The Kier molecular flexibility index (Phi) is 9.10. The molecule has 2 heterocycles. The van der Waals surface area contributed by atoms with Crippen LogP contribution in [0.5, 0.6) is 0 Å². The molecule has 0 N–H and O–H groups in total. The van der Waals surface area contributed by atoms with E-state index in [0.717, 1.165) is 83.4 Å². The highest BCUT2D eigenvalue weighted by Crippen LogP contribution is 2.45. The molecule has 0 saturated carbocycles. The van der Waals surface area contributed by atoms with E-state index in [1.54, 1.807) is 0 Å². The number of hydrogen-bond acceptors (Lipinski definition) is 3. The highest BCUT2D eigenvalue weighted by atomic mass is 15.0. The lowest BCUT2D eigenvalue weighted by Gasteiger charge is -2.21. The van der Waals surface area contributed by atoms with Crippen molar-refractivity contribution < 1.29 is 0 Å². The molecule has 8 aromatic carbocycles. The Morgan fingerprint density at radius 3 is 1.72 bits per heavy atom. The normalized spacial score (nSPS) is 11.1. The van der Waals surface area contributed by atoms with Crippen LogP contribution in [-0.2, 0) is 0 Å². The molecule has 5 nitrogen and oxygen atoms in total. The summed E-state index contributed by atoms with van der Waals surface area (Å²) in [6.07, 6.45) is 0. The Bertz CT molecular complexity index is 3180. The Hall–Kier alpha value is -8.38. The third kappa shape index (κ3) is 6.57. The van der Waals surface area contributed by atoms with E-state index in [4.69, 9.17) is 16.5 Å². The molecule has 280 valence electrons. The summed E-state index contributed by atoms with van der Waals surface area (Å²) in [5.41, 5.74) is 16.1. The number of fused-ring (bicyclic) bond motifs is 3. The minimum absolute atomic E-state index is 0.570. The number of aromatic nitrogens is 3. The van der Waals surface area contributed by atoms with Crippen molar-refractivity contribution in [2.45, 2.75) is 6.92 Å². The molecule has 2 aromatic heterocycles. The predicted molar refractivity (Wildman–Crippen MR) is 245 cm³/mol. The lowest BCUT2D eigenvalue weighted by atomic mass is 9.91. The van der Waals surface area contributed by atoms with E-state index >= 15 is 0 Å². The summed E-state index contributed by atoms with van der Waals surface area (Å²) in [5.74, 6) is 0.630. The number of hydrogen-bond donors (Lipinski definition) is 0. The van der Waals surface area contributed by atoms with E-state index in [9.17, 15) is 5.26 Å². The van der Waals surface area contributed by atoms with Gasteiger partial charge in [-0.05, 0) is 77.7 Å². The number of para-hydroxylation sites is 1. The first-order valence-corrected chi connectivity index (χ1v) is 19.8. The maximum atomic E-state index is 9.84. The highest BCUT2D eigenvalue weighted by Gasteiger charge is 2.23. The summed E-state index contributed by atoms with van der Waals surface area (Å²) in [5, 5.41) is 12.1. The second-order valence-electron chi connectivity index (χ2n) is 14.9. The zero-order valence-corrected chi connectivity index (χ0v) is 32.7. The van der Waals surface area contributed by atoms with Crippen molar-refractivity contribution in [1.82, 2.24) is 14.5 Å². The molecule has 10 aromatic rings. The van der Waals surface area contributed by atoms with Crippen LogP contribution in [0.1, 0.15) is 11.1 Å². The summed E-state index contributed by atoms with van der Waals surface area (Å²) < 4.78 is 2.38. The second-order valence-corrected chi connectivity index (χ2v) is 14.9.